The van der Waals surface area contributed by atoms with E-state index in [-0.39, 0.29) is 11.7 Å². The number of rotatable bonds is 7. The van der Waals surface area contributed by atoms with E-state index in [0.29, 0.717) is 24.1 Å². The van der Waals surface area contributed by atoms with Crippen LogP contribution in [-0.2, 0) is 11.8 Å². The molecule has 8 heteroatoms. The van der Waals surface area contributed by atoms with Crippen LogP contribution >= 0.6 is 11.8 Å². The molecule has 0 atom stereocenters. The van der Waals surface area contributed by atoms with Gasteiger partial charge in [0.05, 0.1) is 17.3 Å². The van der Waals surface area contributed by atoms with Crippen LogP contribution in [0.15, 0.2) is 41.8 Å². The van der Waals surface area contributed by atoms with Crippen molar-refractivity contribution in [3.05, 3.63) is 42.4 Å². The van der Waals surface area contributed by atoms with Gasteiger partial charge in [0.1, 0.15) is 11.4 Å². The van der Waals surface area contributed by atoms with Crippen molar-refractivity contribution >= 4 is 40.2 Å². The van der Waals surface area contributed by atoms with E-state index in [0.717, 1.165) is 21.8 Å². The first kappa shape index (κ1) is 18.1. The van der Waals surface area contributed by atoms with Crippen molar-refractivity contribution in [1.82, 2.24) is 19.7 Å². The lowest BCUT2D eigenvalue weighted by molar-refractivity contribution is -0.116. The fraction of sp³-hybridized carbons (Fsp3) is 0.278. The van der Waals surface area contributed by atoms with Crippen molar-refractivity contribution in [2.45, 2.75) is 24.8 Å². The highest BCUT2D eigenvalue weighted by molar-refractivity contribution is 7.99. The first-order chi connectivity index (χ1) is 12.6. The summed E-state index contributed by atoms with van der Waals surface area (Å²) in [4.78, 5) is 32.3. The van der Waals surface area contributed by atoms with Crippen LogP contribution in [0.4, 0.5) is 5.69 Å². The maximum absolute atomic E-state index is 12.1. The molecule has 0 spiro atoms. The predicted octanol–water partition coefficient (Wildman–Crippen LogP) is 3.08. The van der Waals surface area contributed by atoms with Gasteiger partial charge in [0.15, 0.2) is 11.4 Å². The van der Waals surface area contributed by atoms with E-state index in [1.165, 1.54) is 13.3 Å². The molecule has 0 fully saturated rings. The van der Waals surface area contributed by atoms with Crippen molar-refractivity contribution < 1.29 is 9.59 Å². The Kier molecular flexibility index (Phi) is 5.62. The third-order valence-electron chi connectivity index (χ3n) is 3.86. The fourth-order valence-electron chi connectivity index (χ4n) is 2.57. The number of para-hydroxylation sites is 1. The van der Waals surface area contributed by atoms with Crippen LogP contribution in [0.3, 0.4) is 0 Å². The molecule has 0 saturated carbocycles. The maximum Gasteiger partial charge on any atom is 0.224 e. The topological polar surface area (TPSA) is 89.8 Å². The molecule has 0 aliphatic heterocycles. The monoisotopic (exact) mass is 369 g/mol. The molecule has 1 N–H and O–H groups in total. The van der Waals surface area contributed by atoms with E-state index in [9.17, 15) is 9.59 Å². The summed E-state index contributed by atoms with van der Waals surface area (Å²) in [5, 5.41) is 8.79. The summed E-state index contributed by atoms with van der Waals surface area (Å²) in [6.45, 7) is 1.49. The molecule has 0 aliphatic carbocycles. The van der Waals surface area contributed by atoms with E-state index in [1.807, 2.05) is 7.05 Å². The minimum absolute atomic E-state index is 0.0688. The van der Waals surface area contributed by atoms with Crippen LogP contribution in [0.25, 0.3) is 11.0 Å². The number of benzene rings is 1. The molecule has 0 bridgehead atoms. The average molecular weight is 369 g/mol. The van der Waals surface area contributed by atoms with Crippen LogP contribution in [0, 0.1) is 0 Å². The summed E-state index contributed by atoms with van der Waals surface area (Å²) >= 11 is 1.58. The van der Waals surface area contributed by atoms with Gasteiger partial charge in [-0.2, -0.15) is 5.10 Å². The number of anilines is 1. The summed E-state index contributed by atoms with van der Waals surface area (Å²) in [5.41, 5.74) is 1.88. The van der Waals surface area contributed by atoms with Crippen molar-refractivity contribution in [1.29, 1.82) is 0 Å². The lowest BCUT2D eigenvalue weighted by Gasteiger charge is -2.09. The maximum atomic E-state index is 12.1. The molecule has 0 unspecified atom stereocenters. The number of carbonyl (C=O) groups excluding carboxylic acids is 2. The second kappa shape index (κ2) is 8.09. The molecule has 0 radical (unpaired) electrons. The number of carbonyl (C=O) groups is 2. The van der Waals surface area contributed by atoms with Gasteiger partial charge in [-0.15, -0.1) is 11.8 Å². The average Bonchev–Trinajstić information content (AvgIpc) is 3.01. The molecule has 1 aromatic carbocycles. The van der Waals surface area contributed by atoms with E-state index < -0.39 is 0 Å². The van der Waals surface area contributed by atoms with Gasteiger partial charge in [0.25, 0.3) is 0 Å². The molecular formula is C18H19N5O2S. The Bertz CT molecular complexity index is 954. The normalized spacial score (nSPS) is 10.8. The number of hydrogen-bond donors (Lipinski definition) is 1. The highest BCUT2D eigenvalue weighted by Gasteiger charge is 2.11. The number of fused-ring (bicyclic) bond motifs is 1. The Morgan fingerprint density at radius 2 is 2.04 bits per heavy atom. The van der Waals surface area contributed by atoms with Crippen molar-refractivity contribution in [2.75, 3.05) is 11.1 Å². The van der Waals surface area contributed by atoms with Crippen molar-refractivity contribution in [3.63, 3.8) is 0 Å². The lowest BCUT2D eigenvalue weighted by atomic mass is 10.1. The van der Waals surface area contributed by atoms with Gasteiger partial charge in [-0.1, -0.05) is 12.1 Å². The highest BCUT2D eigenvalue weighted by Crippen LogP contribution is 2.24. The Hall–Kier alpha value is -2.74. The quantitative estimate of drug-likeness (QED) is 0.298. The fourth-order valence-corrected chi connectivity index (χ4v) is 3.47. The summed E-state index contributed by atoms with van der Waals surface area (Å²) in [7, 11) is 1.84. The second-order valence-corrected chi connectivity index (χ2v) is 6.87. The van der Waals surface area contributed by atoms with Gasteiger partial charge >= 0.3 is 0 Å². The van der Waals surface area contributed by atoms with Crippen LogP contribution in [0.2, 0.25) is 0 Å². The molecule has 26 heavy (non-hydrogen) atoms. The van der Waals surface area contributed by atoms with Crippen LogP contribution in [0.5, 0.6) is 0 Å². The molecule has 7 nitrogen and oxygen atoms in total. The number of nitrogens with one attached hydrogen (secondary N) is 1. The van der Waals surface area contributed by atoms with Gasteiger partial charge in [-0.3, -0.25) is 14.3 Å². The third-order valence-corrected chi connectivity index (χ3v) is 4.95. The summed E-state index contributed by atoms with van der Waals surface area (Å²) in [6, 6.07) is 7.03. The third kappa shape index (κ3) is 4.08. The number of nitrogens with zero attached hydrogens (tertiary/aromatic N) is 4. The number of thioether (sulfide) groups is 1. The first-order valence-corrected chi connectivity index (χ1v) is 9.20. The van der Waals surface area contributed by atoms with Gasteiger partial charge in [-0.25, -0.2) is 9.97 Å². The molecule has 3 rings (SSSR count). The zero-order chi connectivity index (χ0) is 18.5. The minimum atomic E-state index is -0.103. The molecular weight excluding hydrogens is 350 g/mol. The summed E-state index contributed by atoms with van der Waals surface area (Å²) < 4.78 is 1.71. The largest absolute Gasteiger partial charge is 0.325 e. The van der Waals surface area contributed by atoms with Crippen LogP contribution < -0.4 is 5.32 Å². The first-order valence-electron chi connectivity index (χ1n) is 8.21. The molecule has 1 amide bonds. The predicted molar refractivity (Wildman–Crippen MR) is 101 cm³/mol. The zero-order valence-electron chi connectivity index (χ0n) is 14.6. The Balaban J connectivity index is 1.52. The van der Waals surface area contributed by atoms with Crippen LogP contribution in [0.1, 0.15) is 30.1 Å². The summed E-state index contributed by atoms with van der Waals surface area (Å²) in [5.74, 6) is 0.581. The standard InChI is InChI=1S/C18H19N5O2S/c1-12(24)13-6-3-4-7-15(13)22-16(25)8-5-9-26-18-14-10-21-23(2)17(14)19-11-20-18/h3-4,6-7,10-11H,5,8-9H2,1-2H3,(H,22,25). The van der Waals surface area contributed by atoms with Gasteiger partial charge in [0, 0.05) is 24.8 Å². The number of hydrogen-bond acceptors (Lipinski definition) is 6. The van der Waals surface area contributed by atoms with E-state index in [4.69, 9.17) is 0 Å². The van der Waals surface area contributed by atoms with E-state index in [1.54, 1.807) is 46.9 Å². The van der Waals surface area contributed by atoms with Gasteiger partial charge in [0.2, 0.25) is 5.91 Å². The second-order valence-electron chi connectivity index (χ2n) is 5.79. The van der Waals surface area contributed by atoms with Crippen LogP contribution in [-0.4, -0.2) is 37.2 Å². The summed E-state index contributed by atoms with van der Waals surface area (Å²) in [6.07, 6.45) is 4.35. The molecule has 134 valence electrons. The van der Waals surface area contributed by atoms with Gasteiger partial charge in [-0.05, 0) is 25.5 Å². The molecule has 3 aromatic rings. The van der Waals surface area contributed by atoms with E-state index in [2.05, 4.69) is 20.4 Å². The molecule has 0 saturated heterocycles. The number of Topliss-reactive ketones (excluding diaryl/α,β-unsaturated/α-hetero) is 1. The van der Waals surface area contributed by atoms with Crippen molar-refractivity contribution in [2.24, 2.45) is 7.05 Å². The molecule has 2 aromatic heterocycles. The zero-order valence-corrected chi connectivity index (χ0v) is 15.4. The highest BCUT2D eigenvalue weighted by atomic mass is 32.2. The Morgan fingerprint density at radius 1 is 1.23 bits per heavy atom. The van der Waals surface area contributed by atoms with E-state index >= 15 is 0 Å². The Morgan fingerprint density at radius 3 is 2.85 bits per heavy atom. The number of ketones is 1. The van der Waals surface area contributed by atoms with Crippen molar-refractivity contribution in [3.8, 4) is 0 Å². The molecule has 2 heterocycles. The minimum Gasteiger partial charge on any atom is -0.325 e. The molecule has 0 aliphatic rings. The number of aryl methyl sites for hydroxylation is 1. The lowest BCUT2D eigenvalue weighted by Crippen LogP contribution is -2.14. The number of aromatic nitrogens is 4. The Labute approximate surface area is 155 Å². The smallest absolute Gasteiger partial charge is 0.224 e. The SMILES string of the molecule is CC(=O)c1ccccc1NC(=O)CCCSc1ncnc2c1cnn2C. The number of amides is 1. The van der Waals surface area contributed by atoms with Gasteiger partial charge < -0.3 is 5.32 Å².